The number of rotatable bonds is 4. The van der Waals surface area contributed by atoms with Crippen molar-refractivity contribution >= 4 is 17.2 Å². The first-order chi connectivity index (χ1) is 17.6. The van der Waals surface area contributed by atoms with Crippen LogP contribution in [0.15, 0.2) is 54.7 Å². The highest BCUT2D eigenvalue weighted by atomic mass is 19.1. The molecule has 1 unspecified atom stereocenters. The third-order valence-corrected chi connectivity index (χ3v) is 6.98. The number of nitriles is 1. The lowest BCUT2D eigenvalue weighted by atomic mass is 10.0. The Balaban J connectivity index is 1.37. The zero-order chi connectivity index (χ0) is 24.6. The molecule has 36 heavy (non-hydrogen) atoms. The third-order valence-electron chi connectivity index (χ3n) is 6.98. The number of fused-ring (bicyclic) bond motifs is 1. The van der Waals surface area contributed by atoms with Crippen molar-refractivity contribution < 1.29 is 13.5 Å². The Morgan fingerprint density at radius 3 is 2.69 bits per heavy atom. The molecule has 6 rings (SSSR count). The zero-order valence-electron chi connectivity index (χ0n) is 19.6. The molecule has 7 nitrogen and oxygen atoms in total. The van der Waals surface area contributed by atoms with Gasteiger partial charge in [-0.1, -0.05) is 6.07 Å². The fraction of sp³-hybridized carbons (Fsp3) is 0.296. The summed E-state index contributed by atoms with van der Waals surface area (Å²) in [5.74, 6) is -0.201. The van der Waals surface area contributed by atoms with Crippen LogP contribution >= 0.6 is 0 Å². The summed E-state index contributed by atoms with van der Waals surface area (Å²) in [5.41, 5.74) is 4.07. The zero-order valence-corrected chi connectivity index (χ0v) is 19.6. The largest absolute Gasteiger partial charge is 0.378 e. The van der Waals surface area contributed by atoms with Crippen molar-refractivity contribution in [1.82, 2.24) is 14.6 Å². The van der Waals surface area contributed by atoms with Crippen LogP contribution < -0.4 is 9.80 Å². The van der Waals surface area contributed by atoms with Gasteiger partial charge in [-0.3, -0.25) is 0 Å². The first kappa shape index (κ1) is 22.4. The van der Waals surface area contributed by atoms with Gasteiger partial charge in [0.05, 0.1) is 42.4 Å². The second-order valence-corrected chi connectivity index (χ2v) is 9.07. The van der Waals surface area contributed by atoms with Crippen LogP contribution in [0.25, 0.3) is 16.9 Å². The molecule has 0 bridgehead atoms. The number of imidazole rings is 1. The number of morpholine rings is 1. The fourth-order valence-electron chi connectivity index (χ4n) is 5.21. The molecular weight excluding hydrogens is 462 g/mol. The number of benzene rings is 2. The molecule has 0 aliphatic carbocycles. The molecular formula is C27H24F2N6O. The molecule has 2 saturated heterocycles. The summed E-state index contributed by atoms with van der Waals surface area (Å²) < 4.78 is 35.7. The van der Waals surface area contributed by atoms with E-state index < -0.39 is 11.6 Å². The number of hydrogen-bond donors (Lipinski definition) is 0. The van der Waals surface area contributed by atoms with Gasteiger partial charge in [0.2, 0.25) is 0 Å². The van der Waals surface area contributed by atoms with Gasteiger partial charge in [0.1, 0.15) is 23.5 Å². The highest BCUT2D eigenvalue weighted by Gasteiger charge is 2.30. The summed E-state index contributed by atoms with van der Waals surface area (Å²) in [5, 5.41) is 14.7. The van der Waals surface area contributed by atoms with Crippen LogP contribution in [0.2, 0.25) is 0 Å². The molecule has 1 atom stereocenters. The summed E-state index contributed by atoms with van der Waals surface area (Å²) in [7, 11) is 0. The molecule has 2 aliphatic rings. The van der Waals surface area contributed by atoms with Gasteiger partial charge in [0, 0.05) is 30.8 Å². The van der Waals surface area contributed by atoms with E-state index in [-0.39, 0.29) is 6.04 Å². The average molecular weight is 487 g/mol. The molecule has 4 heterocycles. The van der Waals surface area contributed by atoms with Crippen molar-refractivity contribution in [3.8, 4) is 17.3 Å². The second kappa shape index (κ2) is 9.21. The predicted molar refractivity (Wildman–Crippen MR) is 132 cm³/mol. The van der Waals surface area contributed by atoms with Crippen LogP contribution in [0, 0.1) is 23.0 Å². The van der Waals surface area contributed by atoms with Crippen LogP contribution in [0.3, 0.4) is 0 Å². The predicted octanol–water partition coefficient (Wildman–Crippen LogP) is 4.72. The van der Waals surface area contributed by atoms with E-state index in [1.54, 1.807) is 10.7 Å². The summed E-state index contributed by atoms with van der Waals surface area (Å²) in [6.45, 7) is 3.47. The maximum atomic E-state index is 14.6. The van der Waals surface area contributed by atoms with Crippen LogP contribution in [-0.2, 0) is 4.74 Å². The highest BCUT2D eigenvalue weighted by molar-refractivity contribution is 5.71. The Hall–Kier alpha value is -4.03. The number of ether oxygens (including phenoxy) is 1. The van der Waals surface area contributed by atoms with E-state index >= 15 is 0 Å². The Bertz CT molecular complexity index is 1470. The van der Waals surface area contributed by atoms with Gasteiger partial charge >= 0.3 is 0 Å². The van der Waals surface area contributed by atoms with Crippen LogP contribution in [0.1, 0.15) is 30.0 Å². The Labute approximate surface area is 207 Å². The van der Waals surface area contributed by atoms with Crippen molar-refractivity contribution in [3.05, 3.63) is 77.5 Å². The van der Waals surface area contributed by atoms with Crippen molar-refractivity contribution in [2.45, 2.75) is 18.9 Å². The summed E-state index contributed by atoms with van der Waals surface area (Å²) >= 11 is 0. The smallest absolute Gasteiger partial charge is 0.154 e. The van der Waals surface area contributed by atoms with Crippen molar-refractivity contribution in [2.24, 2.45) is 0 Å². The maximum Gasteiger partial charge on any atom is 0.154 e. The summed E-state index contributed by atoms with van der Waals surface area (Å²) in [6.07, 6.45) is 3.31. The maximum absolute atomic E-state index is 14.6. The Morgan fingerprint density at radius 1 is 1.00 bits per heavy atom. The van der Waals surface area contributed by atoms with Gasteiger partial charge in [0.15, 0.2) is 5.65 Å². The minimum absolute atomic E-state index is 0.296. The molecule has 0 spiro atoms. The molecule has 0 radical (unpaired) electrons. The first-order valence-corrected chi connectivity index (χ1v) is 12.1. The fourth-order valence-corrected chi connectivity index (χ4v) is 5.21. The number of aromatic nitrogens is 3. The molecule has 9 heteroatoms. The SMILES string of the molecule is N#Cc1cc(-c2cnc3ccc(N4CCCC4c4cc(F)ccc4F)nn23)ccc1N1CCOCC1. The highest BCUT2D eigenvalue weighted by Crippen LogP contribution is 2.37. The minimum atomic E-state index is -0.451. The lowest BCUT2D eigenvalue weighted by Crippen LogP contribution is -2.36. The molecule has 182 valence electrons. The van der Waals surface area contributed by atoms with E-state index in [1.165, 1.54) is 12.1 Å². The van der Waals surface area contributed by atoms with Crippen LogP contribution in [0.5, 0.6) is 0 Å². The summed E-state index contributed by atoms with van der Waals surface area (Å²) in [4.78, 5) is 8.68. The third kappa shape index (κ3) is 3.93. The van der Waals surface area contributed by atoms with Crippen molar-refractivity contribution in [1.29, 1.82) is 5.26 Å². The van der Waals surface area contributed by atoms with E-state index in [1.807, 2.05) is 35.2 Å². The molecule has 0 N–H and O–H groups in total. The van der Waals surface area contributed by atoms with Crippen LogP contribution in [0.4, 0.5) is 20.3 Å². The number of hydrogen-bond acceptors (Lipinski definition) is 6. The van der Waals surface area contributed by atoms with Gasteiger partial charge in [0.25, 0.3) is 0 Å². The standard InChI is InChI=1S/C27H24F2N6O/c28-20-4-5-22(29)21(15-20)24-2-1-9-34(24)27-8-7-26-31-17-25(35(26)32-27)18-3-6-23(19(14-18)16-30)33-10-12-36-13-11-33/h3-8,14-15,17,24H,1-2,9-13H2. The van der Waals surface area contributed by atoms with Gasteiger partial charge in [-0.15, -0.1) is 5.10 Å². The van der Waals surface area contributed by atoms with Crippen molar-refractivity contribution in [3.63, 3.8) is 0 Å². The Morgan fingerprint density at radius 2 is 1.86 bits per heavy atom. The molecule has 2 aliphatic heterocycles. The van der Waals surface area contributed by atoms with E-state index in [9.17, 15) is 14.0 Å². The van der Waals surface area contributed by atoms with E-state index in [2.05, 4.69) is 16.0 Å². The molecule has 2 fully saturated rings. The van der Waals surface area contributed by atoms with E-state index in [0.717, 1.165) is 42.5 Å². The van der Waals surface area contributed by atoms with Gasteiger partial charge in [-0.2, -0.15) is 5.26 Å². The monoisotopic (exact) mass is 486 g/mol. The van der Waals surface area contributed by atoms with Gasteiger partial charge in [-0.05, 0) is 55.3 Å². The topological polar surface area (TPSA) is 69.7 Å². The normalized spacial score (nSPS) is 18.1. The quantitative estimate of drug-likeness (QED) is 0.416. The molecule has 0 amide bonds. The van der Waals surface area contributed by atoms with E-state index in [4.69, 9.17) is 9.84 Å². The Kier molecular flexibility index (Phi) is 5.74. The summed E-state index contributed by atoms with van der Waals surface area (Å²) in [6, 6.07) is 15.2. The van der Waals surface area contributed by atoms with Crippen LogP contribution in [-0.4, -0.2) is 47.4 Å². The number of anilines is 2. The van der Waals surface area contributed by atoms with Gasteiger partial charge < -0.3 is 14.5 Å². The molecule has 2 aromatic carbocycles. The lowest BCUT2D eigenvalue weighted by molar-refractivity contribution is 0.122. The van der Waals surface area contributed by atoms with E-state index in [0.29, 0.717) is 48.8 Å². The van der Waals surface area contributed by atoms with Gasteiger partial charge in [-0.25, -0.2) is 18.3 Å². The van der Waals surface area contributed by atoms with Crippen molar-refractivity contribution in [2.75, 3.05) is 42.6 Å². The second-order valence-electron chi connectivity index (χ2n) is 9.07. The number of nitrogens with zero attached hydrogens (tertiary/aromatic N) is 6. The molecule has 4 aromatic rings. The molecule has 0 saturated carbocycles. The molecule has 2 aromatic heterocycles. The first-order valence-electron chi connectivity index (χ1n) is 12.1. The minimum Gasteiger partial charge on any atom is -0.378 e. The number of halogens is 2. The average Bonchev–Trinajstić information content (AvgIpc) is 3.57. The lowest BCUT2D eigenvalue weighted by Gasteiger charge is -2.29.